The summed E-state index contributed by atoms with van der Waals surface area (Å²) in [5, 5.41) is 3.50. The van der Waals surface area contributed by atoms with Crippen LogP contribution in [-0.2, 0) is 6.42 Å². The minimum atomic E-state index is -0.342. The number of aryl methyl sites for hydroxylation is 1. The molecule has 1 heterocycles. The van der Waals surface area contributed by atoms with Crippen LogP contribution in [0, 0.1) is 5.82 Å². The Morgan fingerprint density at radius 3 is 2.77 bits per heavy atom. The second kappa shape index (κ2) is 6.43. The van der Waals surface area contributed by atoms with Gasteiger partial charge in [0.15, 0.2) is 0 Å². The molecule has 0 aliphatic rings. The van der Waals surface area contributed by atoms with Crippen molar-refractivity contribution in [3.63, 3.8) is 0 Å². The number of halogens is 1. The van der Waals surface area contributed by atoms with Crippen LogP contribution >= 0.6 is 0 Å². The van der Waals surface area contributed by atoms with Gasteiger partial charge in [0.2, 0.25) is 0 Å². The van der Waals surface area contributed by atoms with Gasteiger partial charge in [-0.15, -0.1) is 0 Å². The smallest absolute Gasteiger partial charge is 0.253 e. The summed E-state index contributed by atoms with van der Waals surface area (Å²) in [7, 11) is 0. The Labute approximate surface area is 128 Å². The lowest BCUT2D eigenvalue weighted by atomic mass is 10.1. The summed E-state index contributed by atoms with van der Waals surface area (Å²) in [4.78, 5) is 15.2. The molecule has 0 fully saturated rings. The summed E-state index contributed by atoms with van der Waals surface area (Å²) in [6.45, 7) is 0.593. The Bertz CT molecular complexity index is 780. The number of aromatic nitrogens is 1. The minimum absolute atomic E-state index is 0.176. The highest BCUT2D eigenvalue weighted by Crippen LogP contribution is 2.19. The van der Waals surface area contributed by atoms with Crippen LogP contribution in [0.1, 0.15) is 22.3 Å². The molecule has 112 valence electrons. The average molecular weight is 296 g/mol. The van der Waals surface area contributed by atoms with Crippen molar-refractivity contribution < 1.29 is 9.18 Å². The molecule has 2 N–H and O–H groups in total. The molecule has 1 aromatic heterocycles. The predicted octanol–water partition coefficient (Wildman–Crippen LogP) is 3.67. The first-order chi connectivity index (χ1) is 10.7. The fourth-order valence-corrected chi connectivity index (χ4v) is 2.52. The highest BCUT2D eigenvalue weighted by molar-refractivity contribution is 6.06. The second-order valence-electron chi connectivity index (χ2n) is 5.24. The minimum Gasteiger partial charge on any atom is -0.360 e. The summed E-state index contributed by atoms with van der Waals surface area (Å²) in [5.41, 5.74) is 2.50. The van der Waals surface area contributed by atoms with Crippen molar-refractivity contribution in [2.75, 3.05) is 6.54 Å². The van der Waals surface area contributed by atoms with Crippen LogP contribution in [0.4, 0.5) is 4.39 Å². The van der Waals surface area contributed by atoms with Gasteiger partial charge in [-0.05, 0) is 36.6 Å². The number of rotatable bonds is 5. The zero-order valence-corrected chi connectivity index (χ0v) is 12.1. The SMILES string of the molecule is O=C(NCCCc1ccccc1)c1c[nH]c2ccc(F)cc12. The summed E-state index contributed by atoms with van der Waals surface area (Å²) in [6.07, 6.45) is 3.41. The van der Waals surface area contributed by atoms with Crippen molar-refractivity contribution in [3.05, 3.63) is 71.7 Å². The number of benzene rings is 2. The van der Waals surface area contributed by atoms with Gasteiger partial charge in [-0.2, -0.15) is 0 Å². The van der Waals surface area contributed by atoms with Crippen molar-refractivity contribution in [2.45, 2.75) is 12.8 Å². The summed E-state index contributed by atoms with van der Waals surface area (Å²) >= 11 is 0. The van der Waals surface area contributed by atoms with E-state index in [1.54, 1.807) is 12.3 Å². The third-order valence-corrected chi connectivity index (χ3v) is 3.66. The van der Waals surface area contributed by atoms with Gasteiger partial charge in [-0.25, -0.2) is 4.39 Å². The number of H-pyrrole nitrogens is 1. The fourth-order valence-electron chi connectivity index (χ4n) is 2.52. The van der Waals surface area contributed by atoms with E-state index in [2.05, 4.69) is 22.4 Å². The molecule has 0 bridgehead atoms. The molecule has 3 aromatic rings. The first-order valence-electron chi connectivity index (χ1n) is 7.33. The summed E-state index contributed by atoms with van der Waals surface area (Å²) in [6, 6.07) is 14.5. The lowest BCUT2D eigenvalue weighted by Gasteiger charge is -2.05. The summed E-state index contributed by atoms with van der Waals surface area (Å²) < 4.78 is 13.3. The van der Waals surface area contributed by atoms with Gasteiger partial charge < -0.3 is 10.3 Å². The van der Waals surface area contributed by atoms with Gasteiger partial charge in [0.25, 0.3) is 5.91 Å². The monoisotopic (exact) mass is 296 g/mol. The zero-order chi connectivity index (χ0) is 15.4. The van der Waals surface area contributed by atoms with Gasteiger partial charge in [0.05, 0.1) is 5.56 Å². The molecular formula is C18H17FN2O. The van der Waals surface area contributed by atoms with Crippen LogP contribution in [0.5, 0.6) is 0 Å². The first-order valence-corrected chi connectivity index (χ1v) is 7.33. The largest absolute Gasteiger partial charge is 0.360 e. The highest BCUT2D eigenvalue weighted by Gasteiger charge is 2.11. The maximum absolute atomic E-state index is 13.3. The van der Waals surface area contributed by atoms with Crippen molar-refractivity contribution in [2.24, 2.45) is 0 Å². The molecule has 4 heteroatoms. The quantitative estimate of drug-likeness (QED) is 0.693. The Balaban J connectivity index is 1.58. The maximum Gasteiger partial charge on any atom is 0.253 e. The molecule has 22 heavy (non-hydrogen) atoms. The first kappa shape index (κ1) is 14.3. The van der Waals surface area contributed by atoms with Gasteiger partial charge in [0, 0.05) is 23.6 Å². The number of carbonyl (C=O) groups is 1. The zero-order valence-electron chi connectivity index (χ0n) is 12.1. The van der Waals surface area contributed by atoms with Crippen LogP contribution in [0.3, 0.4) is 0 Å². The van der Waals surface area contributed by atoms with E-state index in [-0.39, 0.29) is 11.7 Å². The van der Waals surface area contributed by atoms with Crippen molar-refractivity contribution in [3.8, 4) is 0 Å². The predicted molar refractivity (Wildman–Crippen MR) is 85.4 cm³/mol. The van der Waals surface area contributed by atoms with Crippen LogP contribution in [0.25, 0.3) is 10.9 Å². The fraction of sp³-hybridized carbons (Fsp3) is 0.167. The number of nitrogens with one attached hydrogen (secondary N) is 2. The van der Waals surface area contributed by atoms with Gasteiger partial charge in [0.1, 0.15) is 5.82 Å². The normalized spacial score (nSPS) is 10.8. The van der Waals surface area contributed by atoms with Crippen LogP contribution in [-0.4, -0.2) is 17.4 Å². The number of aromatic amines is 1. The highest BCUT2D eigenvalue weighted by atomic mass is 19.1. The average Bonchev–Trinajstić information content (AvgIpc) is 2.95. The molecule has 0 radical (unpaired) electrons. The van der Waals surface area contributed by atoms with E-state index in [4.69, 9.17) is 0 Å². The lowest BCUT2D eigenvalue weighted by molar-refractivity contribution is 0.0955. The van der Waals surface area contributed by atoms with Crippen LogP contribution in [0.15, 0.2) is 54.7 Å². The molecule has 0 saturated heterocycles. The Morgan fingerprint density at radius 1 is 1.14 bits per heavy atom. The van der Waals surface area contributed by atoms with Crippen molar-refractivity contribution in [1.82, 2.24) is 10.3 Å². The lowest BCUT2D eigenvalue weighted by Crippen LogP contribution is -2.24. The third-order valence-electron chi connectivity index (χ3n) is 3.66. The van der Waals surface area contributed by atoms with E-state index in [1.807, 2.05) is 18.2 Å². The van der Waals surface area contributed by atoms with E-state index in [1.165, 1.54) is 17.7 Å². The van der Waals surface area contributed by atoms with Crippen molar-refractivity contribution >= 4 is 16.8 Å². The number of fused-ring (bicyclic) bond motifs is 1. The van der Waals surface area contributed by atoms with Gasteiger partial charge in [-0.3, -0.25) is 4.79 Å². The van der Waals surface area contributed by atoms with Gasteiger partial charge in [-0.1, -0.05) is 30.3 Å². The second-order valence-corrected chi connectivity index (χ2v) is 5.24. The van der Waals surface area contributed by atoms with Crippen LogP contribution in [0.2, 0.25) is 0 Å². The molecule has 2 aromatic carbocycles. The number of hydrogen-bond donors (Lipinski definition) is 2. The molecule has 3 nitrogen and oxygen atoms in total. The maximum atomic E-state index is 13.3. The number of hydrogen-bond acceptors (Lipinski definition) is 1. The Morgan fingerprint density at radius 2 is 1.95 bits per heavy atom. The van der Waals surface area contributed by atoms with E-state index >= 15 is 0 Å². The Hall–Kier alpha value is -2.62. The summed E-state index contributed by atoms with van der Waals surface area (Å²) in [5.74, 6) is -0.518. The van der Waals surface area contributed by atoms with E-state index < -0.39 is 0 Å². The molecular weight excluding hydrogens is 279 g/mol. The molecule has 0 aliphatic heterocycles. The molecule has 0 saturated carbocycles. The van der Waals surface area contributed by atoms with E-state index in [0.29, 0.717) is 17.5 Å². The van der Waals surface area contributed by atoms with E-state index in [0.717, 1.165) is 18.4 Å². The standard InChI is InChI=1S/C18H17FN2O/c19-14-8-9-17-15(11-14)16(12-21-17)18(22)20-10-4-7-13-5-2-1-3-6-13/h1-3,5-6,8-9,11-12,21H,4,7,10H2,(H,20,22). The van der Waals surface area contributed by atoms with Crippen LogP contribution < -0.4 is 5.32 Å². The third kappa shape index (κ3) is 3.17. The molecule has 0 aliphatic carbocycles. The van der Waals surface area contributed by atoms with Crippen molar-refractivity contribution in [1.29, 1.82) is 0 Å². The number of amides is 1. The van der Waals surface area contributed by atoms with Gasteiger partial charge >= 0.3 is 0 Å². The molecule has 0 spiro atoms. The number of carbonyl (C=O) groups excluding carboxylic acids is 1. The molecule has 0 atom stereocenters. The molecule has 3 rings (SSSR count). The molecule has 1 amide bonds. The Kier molecular flexibility index (Phi) is 4.19. The van der Waals surface area contributed by atoms with E-state index in [9.17, 15) is 9.18 Å². The molecule has 0 unspecified atom stereocenters. The topological polar surface area (TPSA) is 44.9 Å².